The average Bonchev–Trinajstić information content (AvgIpc) is 2.87. The maximum Gasteiger partial charge on any atom is 0.266 e. The molecule has 146 valence electrons. The van der Waals surface area contributed by atoms with Crippen LogP contribution in [0.2, 0.25) is 0 Å². The molecule has 1 fully saturated rings. The van der Waals surface area contributed by atoms with E-state index in [1.165, 1.54) is 4.90 Å². The first-order chi connectivity index (χ1) is 12.8. The molecule has 1 aromatic rings. The van der Waals surface area contributed by atoms with Crippen LogP contribution in [0.5, 0.6) is 11.5 Å². The number of aliphatic carboxylic acids is 1. The Morgan fingerprint density at radius 1 is 1.37 bits per heavy atom. The van der Waals surface area contributed by atoms with Crippen molar-refractivity contribution in [1.29, 1.82) is 0 Å². The molecule has 0 radical (unpaired) electrons. The lowest BCUT2D eigenvalue weighted by atomic mass is 10.1. The number of methoxy groups -OCH3 is 1. The summed E-state index contributed by atoms with van der Waals surface area (Å²) in [5.41, 5.74) is 0.767. The number of hydrogen-bond donors (Lipinski definition) is 0. The lowest BCUT2D eigenvalue weighted by molar-refractivity contribution is -0.305. The largest absolute Gasteiger partial charge is 0.550 e. The molecular formula is C19H22NO5S2-. The van der Waals surface area contributed by atoms with Gasteiger partial charge in [-0.1, -0.05) is 43.9 Å². The number of thioether (sulfide) groups is 1. The summed E-state index contributed by atoms with van der Waals surface area (Å²) in [5, 5.41) is 10.6. The molecule has 1 heterocycles. The molecule has 8 heteroatoms. The number of ether oxygens (including phenoxy) is 2. The van der Waals surface area contributed by atoms with E-state index in [1.54, 1.807) is 19.3 Å². The van der Waals surface area contributed by atoms with Gasteiger partial charge in [-0.15, -0.1) is 0 Å². The minimum absolute atomic E-state index is 0.0102. The zero-order valence-electron chi connectivity index (χ0n) is 15.5. The number of carbonyl (C=O) groups excluding carboxylic acids is 2. The molecule has 1 aliphatic heterocycles. The average molecular weight is 409 g/mol. The van der Waals surface area contributed by atoms with Crippen molar-refractivity contribution in [2.24, 2.45) is 5.92 Å². The van der Waals surface area contributed by atoms with Gasteiger partial charge in [-0.3, -0.25) is 9.69 Å². The summed E-state index contributed by atoms with van der Waals surface area (Å²) in [6.45, 7) is 4.88. The summed E-state index contributed by atoms with van der Waals surface area (Å²) in [7, 11) is 1.56. The van der Waals surface area contributed by atoms with Crippen molar-refractivity contribution in [3.63, 3.8) is 0 Å². The molecule has 2 rings (SSSR count). The first kappa shape index (κ1) is 21.2. The molecule has 1 amide bonds. The molecule has 0 unspecified atom stereocenters. The highest BCUT2D eigenvalue weighted by molar-refractivity contribution is 8.26. The number of carboxylic acids is 1. The number of carbonyl (C=O) groups is 2. The van der Waals surface area contributed by atoms with E-state index in [2.05, 4.69) is 13.8 Å². The van der Waals surface area contributed by atoms with Gasteiger partial charge in [0.15, 0.2) is 11.5 Å². The molecule has 1 aromatic carbocycles. The summed E-state index contributed by atoms with van der Waals surface area (Å²) < 4.78 is 11.5. The molecule has 27 heavy (non-hydrogen) atoms. The van der Waals surface area contributed by atoms with Crippen LogP contribution in [0.3, 0.4) is 0 Å². The lowest BCUT2D eigenvalue weighted by Gasteiger charge is -2.14. The van der Waals surface area contributed by atoms with Gasteiger partial charge in [-0.25, -0.2) is 0 Å². The summed E-state index contributed by atoms with van der Waals surface area (Å²) >= 11 is 6.32. The Labute approximate surface area is 168 Å². The fourth-order valence-corrected chi connectivity index (χ4v) is 3.65. The van der Waals surface area contributed by atoms with Crippen LogP contribution in [0, 0.1) is 5.92 Å². The van der Waals surface area contributed by atoms with Crippen molar-refractivity contribution in [3.8, 4) is 11.5 Å². The lowest BCUT2D eigenvalue weighted by Crippen LogP contribution is -2.33. The van der Waals surface area contributed by atoms with Gasteiger partial charge in [0, 0.05) is 18.9 Å². The van der Waals surface area contributed by atoms with Crippen LogP contribution in [-0.2, 0) is 9.59 Å². The Morgan fingerprint density at radius 2 is 2.11 bits per heavy atom. The first-order valence-electron chi connectivity index (χ1n) is 8.58. The van der Waals surface area contributed by atoms with Crippen molar-refractivity contribution in [2.45, 2.75) is 26.7 Å². The molecule has 0 atom stereocenters. The van der Waals surface area contributed by atoms with Crippen molar-refractivity contribution >= 4 is 46.3 Å². The van der Waals surface area contributed by atoms with Crippen molar-refractivity contribution in [3.05, 3.63) is 28.7 Å². The maximum atomic E-state index is 12.4. The Morgan fingerprint density at radius 3 is 2.74 bits per heavy atom. The van der Waals surface area contributed by atoms with E-state index >= 15 is 0 Å². The van der Waals surface area contributed by atoms with Gasteiger partial charge in [0.25, 0.3) is 5.91 Å². The van der Waals surface area contributed by atoms with Gasteiger partial charge in [-0.2, -0.15) is 0 Å². The summed E-state index contributed by atoms with van der Waals surface area (Å²) in [4.78, 5) is 24.8. The van der Waals surface area contributed by atoms with E-state index in [0.29, 0.717) is 33.2 Å². The molecule has 0 aromatic heterocycles. The van der Waals surface area contributed by atoms with Crippen LogP contribution < -0.4 is 14.6 Å². The summed E-state index contributed by atoms with van der Waals surface area (Å²) in [6.07, 6.45) is 2.40. The highest BCUT2D eigenvalue weighted by Gasteiger charge is 2.31. The molecule has 0 spiro atoms. The van der Waals surface area contributed by atoms with Crippen LogP contribution in [-0.4, -0.2) is 41.4 Å². The molecule has 0 saturated carbocycles. The fourth-order valence-electron chi connectivity index (χ4n) is 2.35. The van der Waals surface area contributed by atoms with Crippen LogP contribution in [0.15, 0.2) is 23.1 Å². The smallest absolute Gasteiger partial charge is 0.266 e. The van der Waals surface area contributed by atoms with E-state index in [9.17, 15) is 14.7 Å². The highest BCUT2D eigenvalue weighted by atomic mass is 32.2. The topological polar surface area (TPSA) is 78.9 Å². The SMILES string of the molecule is COc1cc(/C=C2\SC(=S)N(CCC(=O)[O-])C2=O)ccc1OCCC(C)C. The zero-order chi connectivity index (χ0) is 20.0. The molecule has 0 bridgehead atoms. The second-order valence-corrected chi connectivity index (χ2v) is 8.07. The van der Waals surface area contributed by atoms with E-state index in [1.807, 2.05) is 12.1 Å². The van der Waals surface area contributed by atoms with Gasteiger partial charge >= 0.3 is 0 Å². The van der Waals surface area contributed by atoms with Crippen molar-refractivity contribution in [1.82, 2.24) is 4.90 Å². The monoisotopic (exact) mass is 408 g/mol. The predicted octanol–water partition coefficient (Wildman–Crippen LogP) is 2.46. The minimum atomic E-state index is -1.22. The van der Waals surface area contributed by atoms with E-state index < -0.39 is 5.97 Å². The van der Waals surface area contributed by atoms with Gasteiger partial charge in [0.1, 0.15) is 4.32 Å². The number of thiocarbonyl (C=S) groups is 1. The highest BCUT2D eigenvalue weighted by Crippen LogP contribution is 2.34. The quantitative estimate of drug-likeness (QED) is 0.459. The minimum Gasteiger partial charge on any atom is -0.550 e. The molecule has 1 aliphatic rings. The Hall–Kier alpha value is -2.06. The molecule has 6 nitrogen and oxygen atoms in total. The number of benzene rings is 1. The van der Waals surface area contributed by atoms with Gasteiger partial charge in [-0.05, 0) is 36.1 Å². The van der Waals surface area contributed by atoms with Crippen molar-refractivity contribution < 1.29 is 24.2 Å². The Kier molecular flexibility index (Phi) is 7.67. The third kappa shape index (κ3) is 5.97. The Balaban J connectivity index is 2.12. The second-order valence-electron chi connectivity index (χ2n) is 6.40. The Bertz CT molecular complexity index is 760. The number of nitrogens with zero attached hydrogens (tertiary/aromatic N) is 1. The van der Waals surface area contributed by atoms with E-state index in [4.69, 9.17) is 21.7 Å². The zero-order valence-corrected chi connectivity index (χ0v) is 17.2. The van der Waals surface area contributed by atoms with E-state index in [-0.39, 0.29) is 18.9 Å². The first-order valence-corrected chi connectivity index (χ1v) is 9.80. The standard InChI is InChI=1S/C19H23NO5S2/c1-12(2)7-9-25-14-5-4-13(10-15(14)24-3)11-16-18(23)20(19(26)27-16)8-6-17(21)22/h4-5,10-12H,6-9H2,1-3H3,(H,21,22)/p-1/b16-11-. The third-order valence-electron chi connectivity index (χ3n) is 3.85. The summed E-state index contributed by atoms with van der Waals surface area (Å²) in [5.74, 6) is 0.263. The number of rotatable bonds is 9. The molecule has 1 saturated heterocycles. The van der Waals surface area contributed by atoms with Gasteiger partial charge in [0.05, 0.1) is 18.6 Å². The molecule has 0 N–H and O–H groups in total. The summed E-state index contributed by atoms with van der Waals surface area (Å²) in [6, 6.07) is 5.43. The number of hydrogen-bond acceptors (Lipinski definition) is 7. The van der Waals surface area contributed by atoms with Crippen LogP contribution in [0.25, 0.3) is 6.08 Å². The van der Waals surface area contributed by atoms with Crippen LogP contribution in [0.1, 0.15) is 32.3 Å². The van der Waals surface area contributed by atoms with Gasteiger partial charge in [0.2, 0.25) is 0 Å². The van der Waals surface area contributed by atoms with Crippen molar-refractivity contribution in [2.75, 3.05) is 20.3 Å². The fraction of sp³-hybridized carbons (Fsp3) is 0.421. The van der Waals surface area contributed by atoms with Crippen LogP contribution in [0.4, 0.5) is 0 Å². The normalized spacial score (nSPS) is 15.7. The molecular weight excluding hydrogens is 386 g/mol. The third-order valence-corrected chi connectivity index (χ3v) is 5.23. The van der Waals surface area contributed by atoms with Crippen LogP contribution >= 0.6 is 24.0 Å². The van der Waals surface area contributed by atoms with Gasteiger partial charge < -0.3 is 19.4 Å². The predicted molar refractivity (Wildman–Crippen MR) is 107 cm³/mol. The molecule has 0 aliphatic carbocycles. The van der Waals surface area contributed by atoms with E-state index in [0.717, 1.165) is 23.7 Å². The maximum absolute atomic E-state index is 12.4. The number of amides is 1. The number of carboxylic acid groups (broad SMARTS) is 1. The second kappa shape index (κ2) is 9.75.